The monoisotopic (exact) mass is 366 g/mol. The van der Waals surface area contributed by atoms with Gasteiger partial charge in [0.05, 0.1) is 18.0 Å². The number of pyridine rings is 2. The van der Waals surface area contributed by atoms with Gasteiger partial charge in [0.2, 0.25) is 0 Å². The molecule has 0 aromatic carbocycles. The van der Waals surface area contributed by atoms with Gasteiger partial charge in [-0.1, -0.05) is 6.07 Å². The maximum atomic E-state index is 9.54. The summed E-state index contributed by atoms with van der Waals surface area (Å²) in [7, 11) is 3.60. The minimum Gasteiger partial charge on any atom is -0.398 e. The predicted molar refractivity (Wildman–Crippen MR) is 103 cm³/mol. The lowest BCUT2D eigenvalue weighted by Gasteiger charge is -2.18. The molecular weight excluding hydrogens is 348 g/mol. The van der Waals surface area contributed by atoms with Gasteiger partial charge < -0.3 is 15.4 Å². The van der Waals surface area contributed by atoms with Crippen molar-refractivity contribution >= 4 is 22.8 Å². The summed E-state index contributed by atoms with van der Waals surface area (Å²) in [6.45, 7) is 1.30. The van der Waals surface area contributed by atoms with Crippen LogP contribution < -0.4 is 10.6 Å². The number of nitrogen functional groups attached to an aromatic ring is 1. The van der Waals surface area contributed by atoms with E-state index in [2.05, 4.69) is 21.0 Å². The van der Waals surface area contributed by atoms with Gasteiger partial charge in [0, 0.05) is 32.3 Å². The molecule has 7 nitrogen and oxygen atoms in total. The molecular formula is C18H18N6OS. The largest absolute Gasteiger partial charge is 0.398 e. The summed E-state index contributed by atoms with van der Waals surface area (Å²) >= 11 is 1.46. The fourth-order valence-electron chi connectivity index (χ4n) is 2.44. The Morgan fingerprint density at radius 1 is 1.31 bits per heavy atom. The van der Waals surface area contributed by atoms with Gasteiger partial charge in [0.1, 0.15) is 33.8 Å². The highest BCUT2D eigenvalue weighted by atomic mass is 32.1. The number of hydrogen-bond acceptors (Lipinski definition) is 8. The van der Waals surface area contributed by atoms with Crippen molar-refractivity contribution in [2.24, 2.45) is 0 Å². The Labute approximate surface area is 155 Å². The number of ether oxygens (including phenoxy) is 1. The molecule has 132 valence electrons. The quantitative estimate of drug-likeness (QED) is 0.716. The van der Waals surface area contributed by atoms with E-state index in [1.165, 1.54) is 11.3 Å². The molecule has 0 amide bonds. The van der Waals surface area contributed by atoms with Gasteiger partial charge in [0.25, 0.3) is 0 Å². The van der Waals surface area contributed by atoms with Gasteiger partial charge in [0.15, 0.2) is 0 Å². The first-order valence-electron chi connectivity index (χ1n) is 7.92. The van der Waals surface area contributed by atoms with Crippen molar-refractivity contribution in [2.45, 2.75) is 0 Å². The van der Waals surface area contributed by atoms with E-state index in [9.17, 15) is 5.26 Å². The van der Waals surface area contributed by atoms with Crippen molar-refractivity contribution in [2.75, 3.05) is 37.9 Å². The third-order valence-electron chi connectivity index (χ3n) is 3.81. The number of nitriles is 1. The van der Waals surface area contributed by atoms with Crippen LogP contribution in [0.25, 0.3) is 22.1 Å². The fourth-order valence-corrected chi connectivity index (χ4v) is 3.04. The van der Waals surface area contributed by atoms with Crippen molar-refractivity contribution in [3.8, 4) is 28.2 Å². The standard InChI is InChI=1S/C18H18N6OS/c1-24(7-8-25-2)16-5-3-4-14(22-16)17-12(11-19)13(20)10-15(23-17)18-21-6-9-26-18/h3-6,9-10H,7-8H2,1-2H3,(H2,20,23). The molecule has 26 heavy (non-hydrogen) atoms. The molecule has 3 rings (SSSR count). The van der Waals surface area contributed by atoms with Crippen LogP contribution in [-0.4, -0.2) is 42.3 Å². The smallest absolute Gasteiger partial charge is 0.141 e. The minimum absolute atomic E-state index is 0.314. The number of rotatable bonds is 6. The second kappa shape index (κ2) is 7.91. The van der Waals surface area contributed by atoms with Gasteiger partial charge >= 0.3 is 0 Å². The minimum atomic E-state index is 0.314. The second-order valence-electron chi connectivity index (χ2n) is 5.56. The lowest BCUT2D eigenvalue weighted by atomic mass is 10.1. The molecule has 0 aliphatic rings. The average Bonchev–Trinajstić information content (AvgIpc) is 3.20. The Bertz CT molecular complexity index is 935. The summed E-state index contributed by atoms with van der Waals surface area (Å²) in [6, 6.07) is 9.42. The van der Waals surface area contributed by atoms with Gasteiger partial charge in [-0.25, -0.2) is 15.0 Å². The van der Waals surface area contributed by atoms with Gasteiger partial charge in [-0.15, -0.1) is 11.3 Å². The number of methoxy groups -OCH3 is 1. The van der Waals surface area contributed by atoms with E-state index in [0.717, 1.165) is 10.8 Å². The van der Waals surface area contributed by atoms with E-state index in [1.54, 1.807) is 19.4 Å². The topological polar surface area (TPSA) is 101 Å². The van der Waals surface area contributed by atoms with Crippen molar-refractivity contribution in [3.05, 3.63) is 41.4 Å². The molecule has 0 radical (unpaired) electrons. The molecule has 0 fully saturated rings. The van der Waals surface area contributed by atoms with Gasteiger partial charge in [-0.2, -0.15) is 5.26 Å². The summed E-state index contributed by atoms with van der Waals surface area (Å²) < 4.78 is 5.11. The molecule has 0 saturated carbocycles. The van der Waals surface area contributed by atoms with Crippen LogP contribution in [-0.2, 0) is 4.74 Å². The molecule has 3 aromatic heterocycles. The summed E-state index contributed by atoms with van der Waals surface area (Å²) in [5, 5.41) is 12.2. The van der Waals surface area contributed by atoms with Gasteiger partial charge in [-0.3, -0.25) is 0 Å². The van der Waals surface area contributed by atoms with E-state index >= 15 is 0 Å². The van der Waals surface area contributed by atoms with Crippen LogP contribution in [0, 0.1) is 11.3 Å². The molecule has 3 aromatic rings. The molecule has 2 N–H and O–H groups in total. The first-order valence-corrected chi connectivity index (χ1v) is 8.80. The third-order valence-corrected chi connectivity index (χ3v) is 4.61. The zero-order chi connectivity index (χ0) is 18.5. The van der Waals surface area contributed by atoms with Crippen LogP contribution in [0.3, 0.4) is 0 Å². The number of nitrogens with zero attached hydrogens (tertiary/aromatic N) is 5. The first-order chi connectivity index (χ1) is 12.6. The number of aromatic nitrogens is 3. The zero-order valence-electron chi connectivity index (χ0n) is 14.5. The van der Waals surface area contributed by atoms with Crippen molar-refractivity contribution in [1.29, 1.82) is 5.26 Å². The lowest BCUT2D eigenvalue weighted by molar-refractivity contribution is 0.206. The maximum Gasteiger partial charge on any atom is 0.141 e. The van der Waals surface area contributed by atoms with E-state index < -0.39 is 0 Å². The summed E-state index contributed by atoms with van der Waals surface area (Å²) in [5.74, 6) is 0.767. The maximum absolute atomic E-state index is 9.54. The molecule has 8 heteroatoms. The van der Waals surface area contributed by atoms with Crippen LogP contribution >= 0.6 is 11.3 Å². The van der Waals surface area contributed by atoms with Crippen LogP contribution in [0.5, 0.6) is 0 Å². The Balaban J connectivity index is 2.07. The number of hydrogen-bond donors (Lipinski definition) is 1. The van der Waals surface area contributed by atoms with E-state index in [1.807, 2.05) is 35.5 Å². The van der Waals surface area contributed by atoms with Crippen molar-refractivity contribution < 1.29 is 4.74 Å². The Kier molecular flexibility index (Phi) is 5.41. The van der Waals surface area contributed by atoms with E-state index in [-0.39, 0.29) is 0 Å². The molecule has 3 heterocycles. The summed E-state index contributed by atoms with van der Waals surface area (Å²) in [6.07, 6.45) is 1.71. The fraction of sp³-hybridized carbons (Fsp3) is 0.222. The predicted octanol–water partition coefficient (Wildman–Crippen LogP) is 2.80. The molecule has 0 unspecified atom stereocenters. The van der Waals surface area contributed by atoms with Crippen molar-refractivity contribution in [1.82, 2.24) is 15.0 Å². The summed E-state index contributed by atoms with van der Waals surface area (Å²) in [5.41, 5.74) is 8.46. The van der Waals surface area contributed by atoms with E-state index in [4.69, 9.17) is 10.5 Å². The summed E-state index contributed by atoms with van der Waals surface area (Å²) in [4.78, 5) is 15.5. The van der Waals surface area contributed by atoms with Gasteiger partial charge in [-0.05, 0) is 18.2 Å². The molecule has 0 saturated heterocycles. The molecule has 0 atom stereocenters. The lowest BCUT2D eigenvalue weighted by Crippen LogP contribution is -2.23. The first kappa shape index (κ1) is 17.8. The normalized spacial score (nSPS) is 10.5. The molecule has 0 spiro atoms. The molecule has 0 aliphatic carbocycles. The number of thiazole rings is 1. The van der Waals surface area contributed by atoms with Crippen LogP contribution in [0.15, 0.2) is 35.8 Å². The van der Waals surface area contributed by atoms with E-state index in [0.29, 0.717) is 41.5 Å². The average molecular weight is 366 g/mol. The van der Waals surface area contributed by atoms with Crippen LogP contribution in [0.4, 0.5) is 11.5 Å². The number of nitrogens with two attached hydrogens (primary N) is 1. The highest BCUT2D eigenvalue weighted by Crippen LogP contribution is 2.30. The van der Waals surface area contributed by atoms with Crippen LogP contribution in [0.2, 0.25) is 0 Å². The highest BCUT2D eigenvalue weighted by molar-refractivity contribution is 7.13. The number of anilines is 2. The molecule has 0 aliphatic heterocycles. The number of likely N-dealkylation sites (N-methyl/N-ethyl adjacent to an activating group) is 1. The second-order valence-corrected chi connectivity index (χ2v) is 6.46. The van der Waals surface area contributed by atoms with Crippen LogP contribution in [0.1, 0.15) is 5.56 Å². The van der Waals surface area contributed by atoms with Crippen molar-refractivity contribution in [3.63, 3.8) is 0 Å². The Hall–Kier alpha value is -3.02. The Morgan fingerprint density at radius 3 is 2.85 bits per heavy atom. The highest BCUT2D eigenvalue weighted by Gasteiger charge is 2.16. The third kappa shape index (κ3) is 3.64. The Morgan fingerprint density at radius 2 is 2.15 bits per heavy atom. The zero-order valence-corrected chi connectivity index (χ0v) is 15.3. The SMILES string of the molecule is COCCN(C)c1cccc(-c2nc(-c3nccs3)cc(N)c2C#N)n1. The molecule has 0 bridgehead atoms.